The summed E-state index contributed by atoms with van der Waals surface area (Å²) < 4.78 is 20.2. The Morgan fingerprint density at radius 2 is 1.68 bits per heavy atom. The number of carbonyl (C=O) groups excluding carboxylic acids is 2. The van der Waals surface area contributed by atoms with Crippen LogP contribution in [-0.4, -0.2) is 44.2 Å². The molecule has 1 N–H and O–H groups in total. The largest absolute Gasteiger partial charge is 0.493 e. The molecular weight excluding hydrogens is 372 g/mol. The van der Waals surface area contributed by atoms with Crippen LogP contribution in [0.3, 0.4) is 0 Å². The Morgan fingerprint density at radius 1 is 1.00 bits per heavy atom. The van der Waals surface area contributed by atoms with Crippen molar-refractivity contribution in [2.45, 2.75) is 0 Å². The SMILES string of the molecule is COc1ccc(NC(=O)COC(=O)COc2ccc([N+](=O)[O-])cc2)cc1OC. The Balaban J connectivity index is 1.77. The first-order chi connectivity index (χ1) is 13.4. The van der Waals surface area contributed by atoms with Crippen molar-refractivity contribution in [2.75, 3.05) is 32.8 Å². The van der Waals surface area contributed by atoms with Crippen LogP contribution in [0.2, 0.25) is 0 Å². The molecule has 2 aromatic rings. The van der Waals surface area contributed by atoms with Crippen LogP contribution in [0.25, 0.3) is 0 Å². The number of nitrogens with one attached hydrogen (secondary N) is 1. The Hall–Kier alpha value is -3.82. The second-order valence-corrected chi connectivity index (χ2v) is 5.32. The first-order valence-electron chi connectivity index (χ1n) is 7.97. The van der Waals surface area contributed by atoms with E-state index >= 15 is 0 Å². The number of nitro groups is 1. The highest BCUT2D eigenvalue weighted by Crippen LogP contribution is 2.29. The number of non-ortho nitro benzene ring substituents is 1. The second kappa shape index (κ2) is 9.76. The lowest BCUT2D eigenvalue weighted by molar-refractivity contribution is -0.384. The van der Waals surface area contributed by atoms with Crippen molar-refractivity contribution >= 4 is 23.3 Å². The van der Waals surface area contributed by atoms with Gasteiger partial charge in [-0.2, -0.15) is 0 Å². The molecule has 0 saturated heterocycles. The van der Waals surface area contributed by atoms with Crippen LogP contribution in [0.4, 0.5) is 11.4 Å². The van der Waals surface area contributed by atoms with Gasteiger partial charge in [0.2, 0.25) is 0 Å². The molecule has 148 valence electrons. The van der Waals surface area contributed by atoms with E-state index in [1.54, 1.807) is 18.2 Å². The van der Waals surface area contributed by atoms with Crippen LogP contribution in [0.1, 0.15) is 0 Å². The molecule has 10 nitrogen and oxygen atoms in total. The number of nitro benzene ring substituents is 1. The van der Waals surface area contributed by atoms with Crippen LogP contribution in [0, 0.1) is 10.1 Å². The molecule has 0 atom stereocenters. The predicted octanol–water partition coefficient (Wildman–Crippen LogP) is 2.17. The zero-order valence-electron chi connectivity index (χ0n) is 15.2. The van der Waals surface area contributed by atoms with E-state index in [0.717, 1.165) is 0 Å². The van der Waals surface area contributed by atoms with E-state index in [4.69, 9.17) is 18.9 Å². The summed E-state index contributed by atoms with van der Waals surface area (Å²) in [5, 5.41) is 13.1. The number of methoxy groups -OCH3 is 2. The Labute approximate surface area is 160 Å². The van der Waals surface area contributed by atoms with Gasteiger partial charge in [-0.15, -0.1) is 0 Å². The molecule has 0 radical (unpaired) electrons. The molecule has 0 heterocycles. The molecular formula is C18H18N2O8. The van der Waals surface area contributed by atoms with Gasteiger partial charge in [0, 0.05) is 23.9 Å². The van der Waals surface area contributed by atoms with Crippen LogP contribution in [0.15, 0.2) is 42.5 Å². The topological polar surface area (TPSA) is 126 Å². The lowest BCUT2D eigenvalue weighted by Gasteiger charge is -2.11. The van der Waals surface area contributed by atoms with E-state index < -0.39 is 30.0 Å². The van der Waals surface area contributed by atoms with E-state index in [2.05, 4.69) is 5.32 Å². The number of anilines is 1. The molecule has 0 aliphatic rings. The summed E-state index contributed by atoms with van der Waals surface area (Å²) in [6.45, 7) is -0.946. The molecule has 0 fully saturated rings. The molecule has 10 heteroatoms. The molecule has 0 aliphatic carbocycles. The van der Waals surface area contributed by atoms with Crippen molar-refractivity contribution in [2.24, 2.45) is 0 Å². The van der Waals surface area contributed by atoms with Crippen molar-refractivity contribution in [3.8, 4) is 17.2 Å². The lowest BCUT2D eigenvalue weighted by Crippen LogP contribution is -2.23. The van der Waals surface area contributed by atoms with Gasteiger partial charge >= 0.3 is 5.97 Å². The second-order valence-electron chi connectivity index (χ2n) is 5.32. The van der Waals surface area contributed by atoms with Crippen molar-refractivity contribution in [3.05, 3.63) is 52.6 Å². The van der Waals surface area contributed by atoms with Gasteiger partial charge in [-0.1, -0.05) is 0 Å². The van der Waals surface area contributed by atoms with Crippen LogP contribution >= 0.6 is 0 Å². The van der Waals surface area contributed by atoms with E-state index in [-0.39, 0.29) is 11.4 Å². The third kappa shape index (κ3) is 5.87. The van der Waals surface area contributed by atoms with Gasteiger partial charge < -0.3 is 24.3 Å². The zero-order valence-corrected chi connectivity index (χ0v) is 15.2. The van der Waals surface area contributed by atoms with Gasteiger partial charge in [0.05, 0.1) is 19.1 Å². The summed E-state index contributed by atoms with van der Waals surface area (Å²) >= 11 is 0. The number of esters is 1. The van der Waals surface area contributed by atoms with Crippen molar-refractivity contribution in [3.63, 3.8) is 0 Å². The normalized spacial score (nSPS) is 9.93. The molecule has 2 aromatic carbocycles. The molecule has 28 heavy (non-hydrogen) atoms. The third-order valence-corrected chi connectivity index (χ3v) is 3.44. The molecule has 0 aliphatic heterocycles. The number of rotatable bonds is 9. The summed E-state index contributed by atoms with van der Waals surface area (Å²) in [6.07, 6.45) is 0. The highest BCUT2D eigenvalue weighted by atomic mass is 16.6. The minimum atomic E-state index is -0.763. The average molecular weight is 390 g/mol. The van der Waals surface area contributed by atoms with Gasteiger partial charge in [-0.05, 0) is 24.3 Å². The van der Waals surface area contributed by atoms with Crippen molar-refractivity contribution in [1.82, 2.24) is 0 Å². The van der Waals surface area contributed by atoms with Gasteiger partial charge in [-0.3, -0.25) is 14.9 Å². The fraction of sp³-hybridized carbons (Fsp3) is 0.222. The molecule has 0 spiro atoms. The summed E-state index contributed by atoms with van der Waals surface area (Å²) in [5.41, 5.74) is 0.350. The summed E-state index contributed by atoms with van der Waals surface area (Å²) in [7, 11) is 2.96. The number of benzene rings is 2. The average Bonchev–Trinajstić information content (AvgIpc) is 2.70. The van der Waals surface area contributed by atoms with E-state index in [0.29, 0.717) is 17.2 Å². The Morgan fingerprint density at radius 3 is 2.29 bits per heavy atom. The standard InChI is InChI=1S/C18H18N2O8/c1-25-15-8-3-12(9-16(15)26-2)19-17(21)10-28-18(22)11-27-14-6-4-13(5-7-14)20(23)24/h3-9H,10-11H2,1-2H3,(H,19,21). The minimum Gasteiger partial charge on any atom is -0.493 e. The molecule has 0 bridgehead atoms. The number of amides is 1. The predicted molar refractivity (Wildman–Crippen MR) is 97.7 cm³/mol. The molecule has 0 unspecified atom stereocenters. The van der Waals surface area contributed by atoms with Crippen molar-refractivity contribution in [1.29, 1.82) is 0 Å². The quantitative estimate of drug-likeness (QED) is 0.392. The minimum absolute atomic E-state index is 0.0956. The van der Waals surface area contributed by atoms with Gasteiger partial charge in [0.15, 0.2) is 24.7 Å². The molecule has 2 rings (SSSR count). The molecule has 0 aromatic heterocycles. The number of ether oxygens (including phenoxy) is 4. The monoisotopic (exact) mass is 390 g/mol. The van der Waals surface area contributed by atoms with Crippen LogP contribution in [-0.2, 0) is 14.3 Å². The maximum atomic E-state index is 11.9. The Bertz CT molecular complexity index is 851. The molecule has 1 amide bonds. The maximum absolute atomic E-state index is 11.9. The van der Waals surface area contributed by atoms with E-state index in [9.17, 15) is 19.7 Å². The lowest BCUT2D eigenvalue weighted by atomic mass is 10.2. The first-order valence-corrected chi connectivity index (χ1v) is 7.97. The van der Waals surface area contributed by atoms with Crippen molar-refractivity contribution < 1.29 is 33.5 Å². The number of nitrogens with zero attached hydrogens (tertiary/aromatic N) is 1. The van der Waals surface area contributed by atoms with Gasteiger partial charge in [-0.25, -0.2) is 4.79 Å². The Kier molecular flexibility index (Phi) is 7.14. The summed E-state index contributed by atoms with van der Waals surface area (Å²) in [6, 6.07) is 10.0. The highest BCUT2D eigenvalue weighted by Gasteiger charge is 2.11. The zero-order chi connectivity index (χ0) is 20.5. The first kappa shape index (κ1) is 20.5. The van der Waals surface area contributed by atoms with Crippen LogP contribution in [0.5, 0.6) is 17.2 Å². The van der Waals surface area contributed by atoms with E-state index in [1.165, 1.54) is 38.5 Å². The number of carbonyl (C=O) groups is 2. The fourth-order valence-electron chi connectivity index (χ4n) is 2.11. The maximum Gasteiger partial charge on any atom is 0.344 e. The number of hydrogen-bond acceptors (Lipinski definition) is 8. The smallest absolute Gasteiger partial charge is 0.344 e. The van der Waals surface area contributed by atoms with Gasteiger partial charge in [0.25, 0.3) is 11.6 Å². The number of hydrogen-bond donors (Lipinski definition) is 1. The fourth-order valence-corrected chi connectivity index (χ4v) is 2.11. The third-order valence-electron chi connectivity index (χ3n) is 3.44. The summed E-state index contributed by atoms with van der Waals surface area (Å²) in [5.74, 6) is -0.0989. The highest BCUT2D eigenvalue weighted by molar-refractivity contribution is 5.93. The molecule has 0 saturated carbocycles. The van der Waals surface area contributed by atoms with Gasteiger partial charge in [0.1, 0.15) is 5.75 Å². The summed E-state index contributed by atoms with van der Waals surface area (Å²) in [4.78, 5) is 33.6. The van der Waals surface area contributed by atoms with Crippen LogP contribution < -0.4 is 19.5 Å². The van der Waals surface area contributed by atoms with E-state index in [1.807, 2.05) is 0 Å².